The summed E-state index contributed by atoms with van der Waals surface area (Å²) in [5.41, 5.74) is 1.67. The van der Waals surface area contributed by atoms with Gasteiger partial charge in [0.15, 0.2) is 0 Å². The molecule has 5 aliphatic rings. The molecule has 0 amide bonds. The summed E-state index contributed by atoms with van der Waals surface area (Å²) in [4.78, 5) is 11.6. The summed E-state index contributed by atoms with van der Waals surface area (Å²) in [6.07, 6.45) is 16.7. The van der Waals surface area contributed by atoms with Gasteiger partial charge >= 0.3 is 0 Å². The quantitative estimate of drug-likeness (QED) is 0.919. The largest absolute Gasteiger partial charge is 0.341 e. The van der Waals surface area contributed by atoms with Crippen LogP contribution in [0.3, 0.4) is 0 Å². The summed E-state index contributed by atoms with van der Waals surface area (Å²) in [5.74, 6) is 3.93. The van der Waals surface area contributed by atoms with E-state index in [1.165, 1.54) is 63.4 Å². The molecule has 5 fully saturated rings. The molecule has 24 heavy (non-hydrogen) atoms. The van der Waals surface area contributed by atoms with Gasteiger partial charge in [-0.25, -0.2) is 9.97 Å². The van der Waals surface area contributed by atoms with Crippen molar-refractivity contribution in [1.29, 1.82) is 0 Å². The number of nitrogens with zero attached hydrogens (tertiary/aromatic N) is 3. The Morgan fingerprint density at radius 2 is 1.50 bits per heavy atom. The van der Waals surface area contributed by atoms with Gasteiger partial charge in [0.25, 0.3) is 0 Å². The molecular weight excluding hydrogens is 296 g/mol. The molecule has 1 aromatic heterocycles. The molecule has 6 rings (SSSR count). The van der Waals surface area contributed by atoms with Crippen LogP contribution in [-0.2, 0) is 6.54 Å². The van der Waals surface area contributed by atoms with Crippen LogP contribution in [0.4, 0.5) is 5.95 Å². The van der Waals surface area contributed by atoms with Gasteiger partial charge in [-0.2, -0.15) is 0 Å². The Morgan fingerprint density at radius 3 is 2.08 bits per heavy atom. The van der Waals surface area contributed by atoms with Crippen molar-refractivity contribution < 1.29 is 0 Å². The molecule has 0 atom stereocenters. The van der Waals surface area contributed by atoms with Crippen molar-refractivity contribution in [2.24, 2.45) is 17.8 Å². The second-order valence-corrected chi connectivity index (χ2v) is 8.99. The van der Waals surface area contributed by atoms with Gasteiger partial charge in [0.05, 0.1) is 0 Å². The Bertz CT molecular complexity index is 541. The second-order valence-electron chi connectivity index (χ2n) is 8.99. The van der Waals surface area contributed by atoms with Crippen molar-refractivity contribution in [3.05, 3.63) is 18.0 Å². The van der Waals surface area contributed by atoms with E-state index in [9.17, 15) is 0 Å². The van der Waals surface area contributed by atoms with Gasteiger partial charge in [0, 0.05) is 43.1 Å². The van der Waals surface area contributed by atoms with E-state index >= 15 is 0 Å². The van der Waals surface area contributed by atoms with Crippen LogP contribution in [0, 0.1) is 17.8 Å². The van der Waals surface area contributed by atoms with Gasteiger partial charge in [-0.3, -0.25) is 0 Å². The number of piperidine rings is 1. The molecule has 4 bridgehead atoms. The van der Waals surface area contributed by atoms with E-state index in [0.717, 1.165) is 43.3 Å². The van der Waals surface area contributed by atoms with Gasteiger partial charge in [0.2, 0.25) is 5.95 Å². The first-order chi connectivity index (χ1) is 11.8. The minimum atomic E-state index is 0.431. The minimum Gasteiger partial charge on any atom is -0.341 e. The van der Waals surface area contributed by atoms with Gasteiger partial charge in [0.1, 0.15) is 0 Å². The summed E-state index contributed by atoms with van der Waals surface area (Å²) in [6, 6.07) is 0. The molecule has 1 saturated heterocycles. The molecule has 1 aliphatic heterocycles. The molecule has 4 aliphatic carbocycles. The van der Waals surface area contributed by atoms with Crippen LogP contribution in [0.25, 0.3) is 0 Å². The highest BCUT2D eigenvalue weighted by Gasteiger charge is 2.50. The second kappa shape index (κ2) is 5.98. The number of anilines is 1. The lowest BCUT2D eigenvalue weighted by Crippen LogP contribution is -2.58. The fourth-order valence-electron chi connectivity index (χ4n) is 6.31. The number of aromatic nitrogens is 2. The van der Waals surface area contributed by atoms with E-state index in [-0.39, 0.29) is 0 Å². The zero-order valence-corrected chi connectivity index (χ0v) is 14.7. The van der Waals surface area contributed by atoms with Crippen LogP contribution in [0.15, 0.2) is 12.4 Å². The fourth-order valence-corrected chi connectivity index (χ4v) is 6.31. The van der Waals surface area contributed by atoms with E-state index in [1.807, 2.05) is 12.4 Å². The molecule has 0 spiro atoms. The maximum Gasteiger partial charge on any atom is 0.225 e. The highest BCUT2D eigenvalue weighted by Crippen LogP contribution is 2.55. The standard InChI is InChI=1S/C20H30N4/c1-2-4-24(5-3-1)19-21-12-18(13-22-19)14-23-20-9-15-6-16(10-20)8-17(7-15)11-20/h12-13,15-17,23H,1-11,14H2. The molecule has 1 aromatic rings. The molecule has 1 N–H and O–H groups in total. The minimum absolute atomic E-state index is 0.431. The summed E-state index contributed by atoms with van der Waals surface area (Å²) in [6.45, 7) is 3.17. The molecule has 4 heteroatoms. The van der Waals surface area contributed by atoms with Gasteiger partial charge in [-0.05, 0) is 75.5 Å². The molecule has 0 aromatic carbocycles. The molecule has 0 radical (unpaired) electrons. The summed E-state index contributed by atoms with van der Waals surface area (Å²) in [5, 5.41) is 3.95. The van der Waals surface area contributed by atoms with E-state index < -0.39 is 0 Å². The number of hydrogen-bond acceptors (Lipinski definition) is 4. The average Bonchev–Trinajstić information content (AvgIpc) is 2.60. The first kappa shape index (κ1) is 15.1. The zero-order valence-electron chi connectivity index (χ0n) is 14.7. The summed E-state index contributed by atoms with van der Waals surface area (Å²) in [7, 11) is 0. The smallest absolute Gasteiger partial charge is 0.225 e. The Labute approximate surface area is 145 Å². The highest BCUT2D eigenvalue weighted by atomic mass is 15.2. The van der Waals surface area contributed by atoms with Gasteiger partial charge in [-0.15, -0.1) is 0 Å². The van der Waals surface area contributed by atoms with Crippen molar-refractivity contribution in [3.63, 3.8) is 0 Å². The van der Waals surface area contributed by atoms with E-state index in [1.54, 1.807) is 0 Å². The van der Waals surface area contributed by atoms with Crippen molar-refractivity contribution >= 4 is 5.95 Å². The van der Waals surface area contributed by atoms with Gasteiger partial charge < -0.3 is 10.2 Å². The van der Waals surface area contributed by atoms with Crippen LogP contribution in [0.5, 0.6) is 0 Å². The number of nitrogens with one attached hydrogen (secondary N) is 1. The molecule has 2 heterocycles. The van der Waals surface area contributed by atoms with Crippen LogP contribution >= 0.6 is 0 Å². The number of rotatable bonds is 4. The van der Waals surface area contributed by atoms with Crippen LogP contribution < -0.4 is 10.2 Å². The maximum absolute atomic E-state index is 4.64. The molecule has 0 unspecified atom stereocenters. The Kier molecular flexibility index (Phi) is 3.77. The monoisotopic (exact) mass is 326 g/mol. The van der Waals surface area contributed by atoms with E-state index in [2.05, 4.69) is 20.2 Å². The Balaban J connectivity index is 1.22. The van der Waals surface area contributed by atoms with Crippen molar-refractivity contribution in [1.82, 2.24) is 15.3 Å². The molecule has 130 valence electrons. The maximum atomic E-state index is 4.64. The van der Waals surface area contributed by atoms with Crippen LogP contribution in [0.1, 0.15) is 63.4 Å². The molecular formula is C20H30N4. The lowest BCUT2D eigenvalue weighted by atomic mass is 9.53. The summed E-state index contributed by atoms with van der Waals surface area (Å²) >= 11 is 0. The molecule has 4 saturated carbocycles. The van der Waals surface area contributed by atoms with E-state index in [4.69, 9.17) is 0 Å². The highest BCUT2D eigenvalue weighted by molar-refractivity contribution is 5.30. The van der Waals surface area contributed by atoms with Crippen molar-refractivity contribution in [2.75, 3.05) is 18.0 Å². The van der Waals surface area contributed by atoms with E-state index in [0.29, 0.717) is 5.54 Å². The Morgan fingerprint density at radius 1 is 0.917 bits per heavy atom. The van der Waals surface area contributed by atoms with Gasteiger partial charge in [-0.1, -0.05) is 0 Å². The zero-order chi connectivity index (χ0) is 16.0. The van der Waals surface area contributed by atoms with Crippen molar-refractivity contribution in [3.8, 4) is 0 Å². The first-order valence-electron chi connectivity index (χ1n) is 10.1. The predicted molar refractivity (Wildman–Crippen MR) is 95.8 cm³/mol. The first-order valence-corrected chi connectivity index (χ1v) is 10.1. The third-order valence-corrected chi connectivity index (χ3v) is 7.04. The fraction of sp³-hybridized carbons (Fsp3) is 0.800. The third-order valence-electron chi connectivity index (χ3n) is 7.04. The number of hydrogen-bond donors (Lipinski definition) is 1. The summed E-state index contributed by atoms with van der Waals surface area (Å²) < 4.78 is 0. The lowest BCUT2D eigenvalue weighted by Gasteiger charge is -2.57. The lowest BCUT2D eigenvalue weighted by molar-refractivity contribution is -0.0206. The topological polar surface area (TPSA) is 41.1 Å². The van der Waals surface area contributed by atoms with Crippen LogP contribution in [0.2, 0.25) is 0 Å². The Hall–Kier alpha value is -1.16. The van der Waals surface area contributed by atoms with Crippen LogP contribution in [-0.4, -0.2) is 28.6 Å². The third kappa shape index (κ3) is 2.83. The molecule has 4 nitrogen and oxygen atoms in total. The predicted octanol–water partition coefficient (Wildman–Crippen LogP) is 3.53. The normalized spacial score (nSPS) is 37.8. The average molecular weight is 326 g/mol. The van der Waals surface area contributed by atoms with Crippen molar-refractivity contribution in [2.45, 2.75) is 69.9 Å². The SMILES string of the molecule is c1nc(N2CCCCC2)ncc1CNC12CC3CC(CC(C3)C1)C2.